The van der Waals surface area contributed by atoms with Crippen molar-refractivity contribution in [2.45, 2.75) is 13.5 Å². The van der Waals surface area contributed by atoms with Gasteiger partial charge in [-0.1, -0.05) is 53.7 Å². The van der Waals surface area contributed by atoms with Gasteiger partial charge in [0, 0.05) is 16.5 Å². The zero-order chi connectivity index (χ0) is 20.4. The maximum Gasteiger partial charge on any atom is 0.289 e. The lowest BCUT2D eigenvalue weighted by Crippen LogP contribution is -2.28. The van der Waals surface area contributed by atoms with E-state index in [9.17, 15) is 14.4 Å². The summed E-state index contributed by atoms with van der Waals surface area (Å²) in [6.45, 7) is 2.19. The van der Waals surface area contributed by atoms with Crippen molar-refractivity contribution in [3.8, 4) is 11.3 Å². The van der Waals surface area contributed by atoms with E-state index in [2.05, 4.69) is 10.3 Å². The number of rotatable bonds is 5. The summed E-state index contributed by atoms with van der Waals surface area (Å²) in [5.41, 5.74) is 4.14. The van der Waals surface area contributed by atoms with Crippen LogP contribution in [0.3, 0.4) is 0 Å². The number of aryl methyl sites for hydroxylation is 1. The van der Waals surface area contributed by atoms with E-state index in [4.69, 9.17) is 0 Å². The van der Waals surface area contributed by atoms with Gasteiger partial charge in [-0.15, -0.1) is 11.3 Å². The number of thiazole rings is 1. The van der Waals surface area contributed by atoms with Crippen LogP contribution in [0.2, 0.25) is 0 Å². The highest BCUT2D eigenvalue weighted by Crippen LogP contribution is 2.26. The predicted molar refractivity (Wildman–Crippen MR) is 115 cm³/mol. The molecular weight excluding hydrogens is 406 g/mol. The van der Waals surface area contributed by atoms with Gasteiger partial charge in [-0.2, -0.15) is 0 Å². The van der Waals surface area contributed by atoms with E-state index in [0.717, 1.165) is 28.6 Å². The van der Waals surface area contributed by atoms with Crippen LogP contribution in [0.25, 0.3) is 11.3 Å². The first-order chi connectivity index (χ1) is 14.0. The fraction of sp³-hybridized carbons (Fsp3) is 0.143. The zero-order valence-electron chi connectivity index (χ0n) is 15.5. The van der Waals surface area contributed by atoms with Crippen molar-refractivity contribution in [2.75, 3.05) is 11.1 Å². The molecule has 29 heavy (non-hydrogen) atoms. The summed E-state index contributed by atoms with van der Waals surface area (Å²) in [7, 11) is 0. The van der Waals surface area contributed by atoms with E-state index in [1.807, 2.05) is 36.6 Å². The molecule has 1 saturated heterocycles. The first-order valence-electron chi connectivity index (χ1n) is 8.89. The second-order valence-electron chi connectivity index (χ2n) is 6.59. The average Bonchev–Trinajstić information content (AvgIpc) is 3.31. The highest BCUT2D eigenvalue weighted by Gasteiger charge is 2.29. The Bertz CT molecular complexity index is 1080. The molecule has 6 nitrogen and oxygen atoms in total. The Labute approximate surface area is 176 Å². The molecule has 4 rings (SSSR count). The van der Waals surface area contributed by atoms with Crippen molar-refractivity contribution in [2.24, 2.45) is 0 Å². The largest absolute Gasteiger partial charge is 0.298 e. The second-order valence-corrected chi connectivity index (χ2v) is 8.38. The van der Waals surface area contributed by atoms with Gasteiger partial charge in [0.1, 0.15) is 0 Å². The predicted octanol–water partition coefficient (Wildman–Crippen LogP) is 4.57. The van der Waals surface area contributed by atoms with Crippen molar-refractivity contribution >= 4 is 45.3 Å². The molecule has 1 N–H and O–H groups in total. The van der Waals surface area contributed by atoms with Gasteiger partial charge in [0.15, 0.2) is 5.13 Å². The van der Waals surface area contributed by atoms with Crippen LogP contribution in [0, 0.1) is 6.92 Å². The number of amides is 3. The number of carbonyl (C=O) groups excluding carboxylic acids is 3. The third-order valence-electron chi connectivity index (χ3n) is 4.44. The molecule has 0 spiro atoms. The van der Waals surface area contributed by atoms with E-state index in [0.29, 0.717) is 10.7 Å². The molecule has 1 aromatic heterocycles. The molecule has 1 aliphatic rings. The Morgan fingerprint density at radius 3 is 2.69 bits per heavy atom. The fourth-order valence-corrected chi connectivity index (χ4v) is 4.32. The second kappa shape index (κ2) is 8.18. The van der Waals surface area contributed by atoms with Crippen molar-refractivity contribution in [3.63, 3.8) is 0 Å². The number of benzene rings is 2. The van der Waals surface area contributed by atoms with Crippen molar-refractivity contribution in [1.82, 2.24) is 9.88 Å². The fourth-order valence-electron chi connectivity index (χ4n) is 2.88. The third-order valence-corrected chi connectivity index (χ3v) is 6.06. The Morgan fingerprint density at radius 1 is 1.17 bits per heavy atom. The Kier molecular flexibility index (Phi) is 5.46. The molecule has 0 saturated carbocycles. The molecule has 1 fully saturated rings. The number of nitrogens with one attached hydrogen (secondary N) is 1. The summed E-state index contributed by atoms with van der Waals surface area (Å²) in [6.07, 6.45) is 0. The van der Waals surface area contributed by atoms with Gasteiger partial charge in [0.05, 0.1) is 18.0 Å². The molecule has 0 radical (unpaired) electrons. The van der Waals surface area contributed by atoms with Crippen LogP contribution >= 0.6 is 23.1 Å². The van der Waals surface area contributed by atoms with Gasteiger partial charge in [-0.3, -0.25) is 24.6 Å². The van der Waals surface area contributed by atoms with E-state index < -0.39 is 0 Å². The number of nitrogens with zero attached hydrogens (tertiary/aromatic N) is 2. The number of aromatic nitrogens is 1. The van der Waals surface area contributed by atoms with Crippen LogP contribution in [0.4, 0.5) is 9.93 Å². The highest BCUT2D eigenvalue weighted by atomic mass is 32.2. The summed E-state index contributed by atoms with van der Waals surface area (Å²) in [5.74, 6) is -0.321. The number of anilines is 1. The zero-order valence-corrected chi connectivity index (χ0v) is 17.2. The van der Waals surface area contributed by atoms with Crippen LogP contribution < -0.4 is 5.32 Å². The number of carbonyl (C=O) groups is 3. The third kappa shape index (κ3) is 4.38. The van der Waals surface area contributed by atoms with Crippen LogP contribution in [0.5, 0.6) is 0 Å². The normalized spacial score (nSPS) is 13.8. The minimum Gasteiger partial charge on any atom is -0.298 e. The molecule has 2 heterocycles. The first kappa shape index (κ1) is 19.4. The molecule has 146 valence electrons. The highest BCUT2D eigenvalue weighted by molar-refractivity contribution is 8.14. The van der Waals surface area contributed by atoms with Crippen molar-refractivity contribution in [3.05, 3.63) is 70.6 Å². The van der Waals surface area contributed by atoms with Crippen LogP contribution in [0.15, 0.2) is 53.9 Å². The van der Waals surface area contributed by atoms with E-state index in [-0.39, 0.29) is 29.4 Å². The quantitative estimate of drug-likeness (QED) is 0.650. The van der Waals surface area contributed by atoms with Crippen LogP contribution in [0.1, 0.15) is 21.5 Å². The van der Waals surface area contributed by atoms with Gasteiger partial charge >= 0.3 is 0 Å². The molecule has 1 aliphatic heterocycles. The lowest BCUT2D eigenvalue weighted by molar-refractivity contribution is -0.125. The first-order valence-corrected chi connectivity index (χ1v) is 10.8. The van der Waals surface area contributed by atoms with Gasteiger partial charge < -0.3 is 0 Å². The van der Waals surface area contributed by atoms with E-state index >= 15 is 0 Å². The van der Waals surface area contributed by atoms with Gasteiger partial charge in [0.25, 0.3) is 11.1 Å². The molecule has 0 unspecified atom stereocenters. The molecule has 3 amide bonds. The summed E-state index contributed by atoms with van der Waals surface area (Å²) < 4.78 is 0. The summed E-state index contributed by atoms with van der Waals surface area (Å²) >= 11 is 2.36. The van der Waals surface area contributed by atoms with E-state index in [1.54, 1.807) is 24.3 Å². The lowest BCUT2D eigenvalue weighted by Gasteiger charge is -2.13. The number of imide groups is 1. The SMILES string of the molecule is Cc1ccc(-c2csc(NC(=O)c3cccc(CN4C(=O)CSC4=O)c3)n2)cc1. The summed E-state index contributed by atoms with van der Waals surface area (Å²) in [4.78, 5) is 41.9. The minimum absolute atomic E-state index is 0.167. The Morgan fingerprint density at radius 2 is 1.97 bits per heavy atom. The average molecular weight is 424 g/mol. The van der Waals surface area contributed by atoms with Crippen molar-refractivity contribution < 1.29 is 14.4 Å². The molecule has 0 aliphatic carbocycles. The summed E-state index contributed by atoms with van der Waals surface area (Å²) in [5, 5.41) is 4.97. The molecular formula is C21H17N3O3S2. The Balaban J connectivity index is 1.46. The Hall–Kier alpha value is -2.97. The molecule has 0 bridgehead atoms. The van der Waals surface area contributed by atoms with Gasteiger partial charge in [-0.25, -0.2) is 4.98 Å². The van der Waals surface area contributed by atoms with Gasteiger partial charge in [0.2, 0.25) is 5.91 Å². The maximum absolute atomic E-state index is 12.6. The summed E-state index contributed by atoms with van der Waals surface area (Å²) in [6, 6.07) is 14.9. The van der Waals surface area contributed by atoms with Crippen LogP contribution in [-0.2, 0) is 11.3 Å². The standard InChI is InChI=1S/C21H17N3O3S2/c1-13-5-7-15(8-6-13)17-11-28-20(22-17)23-19(26)16-4-2-3-14(9-16)10-24-18(25)12-29-21(24)27/h2-9,11H,10,12H2,1H3,(H,22,23,26). The topological polar surface area (TPSA) is 79.4 Å². The maximum atomic E-state index is 12.6. The number of hydrogen-bond acceptors (Lipinski definition) is 6. The van der Waals surface area contributed by atoms with Crippen molar-refractivity contribution in [1.29, 1.82) is 0 Å². The molecule has 2 aromatic carbocycles. The monoisotopic (exact) mass is 423 g/mol. The number of hydrogen-bond donors (Lipinski definition) is 1. The van der Waals surface area contributed by atoms with Gasteiger partial charge in [-0.05, 0) is 24.6 Å². The molecule has 3 aromatic rings. The minimum atomic E-state index is -0.287. The number of thioether (sulfide) groups is 1. The van der Waals surface area contributed by atoms with Crippen LogP contribution in [-0.4, -0.2) is 32.7 Å². The van der Waals surface area contributed by atoms with E-state index in [1.165, 1.54) is 21.8 Å². The molecule has 0 atom stereocenters. The lowest BCUT2D eigenvalue weighted by atomic mass is 10.1. The molecule has 8 heteroatoms. The smallest absolute Gasteiger partial charge is 0.289 e.